The highest BCUT2D eigenvalue weighted by Gasteiger charge is 2.10. The molecule has 0 fully saturated rings. The summed E-state index contributed by atoms with van der Waals surface area (Å²) in [5.41, 5.74) is 1.45. The van der Waals surface area contributed by atoms with E-state index in [1.54, 1.807) is 19.2 Å². The van der Waals surface area contributed by atoms with E-state index in [0.29, 0.717) is 24.5 Å². The number of ketones is 1. The van der Waals surface area contributed by atoms with Gasteiger partial charge in [-0.2, -0.15) is 0 Å². The SMILES string of the molecule is COCCNC(=O)COc1cc(C)ccc1C(C)=O. The molecule has 5 heteroatoms. The number of carbonyl (C=O) groups excluding carboxylic acids is 2. The lowest BCUT2D eigenvalue weighted by Gasteiger charge is -2.10. The molecular formula is C14H19NO4. The Balaban J connectivity index is 2.59. The van der Waals surface area contributed by atoms with Crippen LogP contribution in [0.5, 0.6) is 5.75 Å². The van der Waals surface area contributed by atoms with Crippen LogP contribution in [0.25, 0.3) is 0 Å². The van der Waals surface area contributed by atoms with Crippen molar-refractivity contribution in [1.29, 1.82) is 0 Å². The highest BCUT2D eigenvalue weighted by Crippen LogP contribution is 2.20. The molecule has 0 bridgehead atoms. The van der Waals surface area contributed by atoms with Crippen molar-refractivity contribution in [3.05, 3.63) is 29.3 Å². The van der Waals surface area contributed by atoms with Crippen LogP contribution >= 0.6 is 0 Å². The van der Waals surface area contributed by atoms with Crippen LogP contribution < -0.4 is 10.1 Å². The number of benzene rings is 1. The first-order valence-corrected chi connectivity index (χ1v) is 6.04. The Labute approximate surface area is 112 Å². The first-order valence-electron chi connectivity index (χ1n) is 6.04. The molecule has 0 aliphatic rings. The van der Waals surface area contributed by atoms with Gasteiger partial charge in [-0.3, -0.25) is 9.59 Å². The third kappa shape index (κ3) is 5.09. The zero-order chi connectivity index (χ0) is 14.3. The number of hydrogen-bond acceptors (Lipinski definition) is 4. The minimum Gasteiger partial charge on any atom is -0.483 e. The van der Waals surface area contributed by atoms with Crippen molar-refractivity contribution in [2.24, 2.45) is 0 Å². The summed E-state index contributed by atoms with van der Waals surface area (Å²) >= 11 is 0. The topological polar surface area (TPSA) is 64.6 Å². The molecule has 0 atom stereocenters. The van der Waals surface area contributed by atoms with E-state index < -0.39 is 0 Å². The number of hydrogen-bond donors (Lipinski definition) is 1. The van der Waals surface area contributed by atoms with Crippen molar-refractivity contribution in [1.82, 2.24) is 5.32 Å². The van der Waals surface area contributed by atoms with Crippen LogP contribution in [0.15, 0.2) is 18.2 Å². The fourth-order valence-corrected chi connectivity index (χ4v) is 1.53. The Bertz CT molecular complexity index is 457. The number of nitrogens with one attached hydrogen (secondary N) is 1. The lowest BCUT2D eigenvalue weighted by atomic mass is 10.1. The second kappa shape index (κ2) is 7.53. The molecule has 104 valence electrons. The van der Waals surface area contributed by atoms with Gasteiger partial charge in [0.2, 0.25) is 0 Å². The molecule has 0 aliphatic heterocycles. The fourth-order valence-electron chi connectivity index (χ4n) is 1.53. The molecule has 0 unspecified atom stereocenters. The molecule has 0 saturated heterocycles. The molecule has 1 amide bonds. The number of Topliss-reactive ketones (excluding diaryl/α,β-unsaturated/α-hetero) is 1. The maximum absolute atomic E-state index is 11.5. The van der Waals surface area contributed by atoms with Crippen LogP contribution in [-0.2, 0) is 9.53 Å². The first kappa shape index (κ1) is 15.2. The minimum absolute atomic E-state index is 0.0882. The van der Waals surface area contributed by atoms with Crippen LogP contribution in [0.2, 0.25) is 0 Å². The molecular weight excluding hydrogens is 246 g/mol. The molecule has 1 N–H and O–H groups in total. The summed E-state index contributed by atoms with van der Waals surface area (Å²) in [7, 11) is 1.56. The average Bonchev–Trinajstić information content (AvgIpc) is 2.36. The Hall–Kier alpha value is -1.88. The Kier molecular flexibility index (Phi) is 6.02. The van der Waals surface area contributed by atoms with Crippen LogP contribution in [-0.4, -0.2) is 38.6 Å². The highest BCUT2D eigenvalue weighted by molar-refractivity contribution is 5.97. The molecule has 0 radical (unpaired) electrons. The summed E-state index contributed by atoms with van der Waals surface area (Å²) in [5, 5.41) is 2.64. The lowest BCUT2D eigenvalue weighted by Crippen LogP contribution is -2.31. The first-order chi connectivity index (χ1) is 9.04. The van der Waals surface area contributed by atoms with Gasteiger partial charge in [0.25, 0.3) is 5.91 Å². The number of amides is 1. The molecule has 0 heterocycles. The van der Waals surface area contributed by atoms with Crippen LogP contribution in [0.1, 0.15) is 22.8 Å². The van der Waals surface area contributed by atoms with Gasteiger partial charge in [-0.15, -0.1) is 0 Å². The molecule has 1 rings (SSSR count). The van der Waals surface area contributed by atoms with Crippen LogP contribution in [0.3, 0.4) is 0 Å². The summed E-state index contributed by atoms with van der Waals surface area (Å²) in [6.45, 7) is 4.14. The van der Waals surface area contributed by atoms with E-state index in [0.717, 1.165) is 5.56 Å². The zero-order valence-corrected chi connectivity index (χ0v) is 11.5. The van der Waals surface area contributed by atoms with Gasteiger partial charge in [0.05, 0.1) is 12.2 Å². The van der Waals surface area contributed by atoms with Gasteiger partial charge < -0.3 is 14.8 Å². The van der Waals surface area contributed by atoms with Crippen molar-refractivity contribution < 1.29 is 19.1 Å². The number of aryl methyl sites for hydroxylation is 1. The zero-order valence-electron chi connectivity index (χ0n) is 11.5. The van der Waals surface area contributed by atoms with E-state index in [1.165, 1.54) is 6.92 Å². The van der Waals surface area contributed by atoms with E-state index in [-0.39, 0.29) is 18.3 Å². The van der Waals surface area contributed by atoms with Gasteiger partial charge >= 0.3 is 0 Å². The molecule has 1 aromatic carbocycles. The number of carbonyl (C=O) groups is 2. The van der Waals surface area contributed by atoms with Crippen molar-refractivity contribution in [3.8, 4) is 5.75 Å². The summed E-state index contributed by atoms with van der Waals surface area (Å²) in [4.78, 5) is 22.9. The van der Waals surface area contributed by atoms with E-state index in [9.17, 15) is 9.59 Å². The van der Waals surface area contributed by atoms with Gasteiger partial charge in [0, 0.05) is 13.7 Å². The predicted molar refractivity (Wildman–Crippen MR) is 71.6 cm³/mol. The highest BCUT2D eigenvalue weighted by atomic mass is 16.5. The van der Waals surface area contributed by atoms with Crippen molar-refractivity contribution in [3.63, 3.8) is 0 Å². The number of methoxy groups -OCH3 is 1. The van der Waals surface area contributed by atoms with Crippen molar-refractivity contribution in [2.45, 2.75) is 13.8 Å². The average molecular weight is 265 g/mol. The Morgan fingerprint density at radius 1 is 1.32 bits per heavy atom. The quantitative estimate of drug-likeness (QED) is 0.597. The maximum Gasteiger partial charge on any atom is 0.258 e. The second-order valence-corrected chi connectivity index (χ2v) is 4.19. The van der Waals surface area contributed by atoms with Crippen LogP contribution in [0, 0.1) is 6.92 Å². The molecule has 0 saturated carbocycles. The summed E-state index contributed by atoms with van der Waals surface area (Å²) in [6.07, 6.45) is 0. The van der Waals surface area contributed by atoms with E-state index in [2.05, 4.69) is 5.32 Å². The Morgan fingerprint density at radius 2 is 2.05 bits per heavy atom. The summed E-state index contributed by atoms with van der Waals surface area (Å²) < 4.78 is 10.2. The molecule has 0 aliphatic carbocycles. The Morgan fingerprint density at radius 3 is 2.68 bits per heavy atom. The van der Waals surface area contributed by atoms with Gasteiger partial charge in [-0.05, 0) is 31.5 Å². The van der Waals surface area contributed by atoms with Gasteiger partial charge in [0.15, 0.2) is 12.4 Å². The largest absolute Gasteiger partial charge is 0.483 e. The monoisotopic (exact) mass is 265 g/mol. The maximum atomic E-state index is 11.5. The van der Waals surface area contributed by atoms with E-state index in [1.807, 2.05) is 13.0 Å². The van der Waals surface area contributed by atoms with Gasteiger partial charge in [-0.25, -0.2) is 0 Å². The molecule has 5 nitrogen and oxygen atoms in total. The molecule has 1 aromatic rings. The van der Waals surface area contributed by atoms with Crippen LogP contribution in [0.4, 0.5) is 0 Å². The predicted octanol–water partition coefficient (Wildman–Crippen LogP) is 1.34. The lowest BCUT2D eigenvalue weighted by molar-refractivity contribution is -0.123. The summed E-state index contributed by atoms with van der Waals surface area (Å²) in [6, 6.07) is 5.29. The summed E-state index contributed by atoms with van der Waals surface area (Å²) in [5.74, 6) is 0.109. The van der Waals surface area contributed by atoms with Gasteiger partial charge in [-0.1, -0.05) is 6.07 Å². The second-order valence-electron chi connectivity index (χ2n) is 4.19. The smallest absolute Gasteiger partial charge is 0.258 e. The third-order valence-corrected chi connectivity index (χ3v) is 2.50. The molecule has 0 spiro atoms. The fraction of sp³-hybridized carbons (Fsp3) is 0.429. The van der Waals surface area contributed by atoms with E-state index >= 15 is 0 Å². The third-order valence-electron chi connectivity index (χ3n) is 2.50. The normalized spacial score (nSPS) is 10.1. The number of rotatable bonds is 7. The molecule has 19 heavy (non-hydrogen) atoms. The number of ether oxygens (including phenoxy) is 2. The standard InChI is InChI=1S/C14H19NO4/c1-10-4-5-12(11(2)16)13(8-10)19-9-14(17)15-6-7-18-3/h4-5,8H,6-7,9H2,1-3H3,(H,15,17). The van der Waals surface area contributed by atoms with Crippen molar-refractivity contribution >= 4 is 11.7 Å². The van der Waals surface area contributed by atoms with Gasteiger partial charge in [0.1, 0.15) is 5.75 Å². The minimum atomic E-state index is -0.243. The molecule has 0 aromatic heterocycles. The van der Waals surface area contributed by atoms with E-state index in [4.69, 9.17) is 9.47 Å². The van der Waals surface area contributed by atoms with Crippen molar-refractivity contribution in [2.75, 3.05) is 26.9 Å².